The van der Waals surface area contributed by atoms with Gasteiger partial charge in [0, 0.05) is 11.6 Å². The van der Waals surface area contributed by atoms with Crippen molar-refractivity contribution in [2.24, 2.45) is 0 Å². The fourth-order valence-corrected chi connectivity index (χ4v) is 1.14. The predicted molar refractivity (Wildman–Crippen MR) is 99.7 cm³/mol. The van der Waals surface area contributed by atoms with Crippen molar-refractivity contribution in [3.63, 3.8) is 0 Å². The molecule has 0 aromatic heterocycles. The number of esters is 1. The average molecular weight is 332 g/mol. The van der Waals surface area contributed by atoms with Crippen molar-refractivity contribution in [3.05, 3.63) is 67.3 Å². The van der Waals surface area contributed by atoms with Crippen molar-refractivity contribution in [2.45, 2.75) is 33.1 Å². The van der Waals surface area contributed by atoms with Crippen LogP contribution in [0.25, 0.3) is 6.08 Å². The van der Waals surface area contributed by atoms with Gasteiger partial charge in [-0.15, -0.1) is 0 Å². The number of aliphatic carboxylic acids is 1. The minimum Gasteiger partial charge on any atom is -0.478 e. The highest BCUT2D eigenvalue weighted by molar-refractivity contribution is 5.87. The van der Waals surface area contributed by atoms with E-state index in [1.807, 2.05) is 43.3 Å². The summed E-state index contributed by atoms with van der Waals surface area (Å²) in [5.41, 5.74) is 1.73. The number of ether oxygens (including phenoxy) is 1. The van der Waals surface area contributed by atoms with Gasteiger partial charge in [0.25, 0.3) is 0 Å². The highest BCUT2D eigenvalue weighted by atomic mass is 16.5. The second-order valence-electron chi connectivity index (χ2n) is 4.60. The van der Waals surface area contributed by atoms with Crippen molar-refractivity contribution < 1.29 is 19.4 Å². The minimum atomic E-state index is -0.981. The number of hydrogen-bond acceptors (Lipinski definition) is 3. The smallest absolute Gasteiger partial charge is 0.333 e. The Hall–Kier alpha value is -2.62. The van der Waals surface area contributed by atoms with Gasteiger partial charge in [0.2, 0.25) is 0 Å². The Kier molecular flexibility index (Phi) is 16.5. The number of carboxylic acid groups (broad SMARTS) is 1. The van der Waals surface area contributed by atoms with Crippen LogP contribution in [0.4, 0.5) is 0 Å². The highest BCUT2D eigenvalue weighted by Gasteiger charge is 2.04. The van der Waals surface area contributed by atoms with E-state index in [9.17, 15) is 9.59 Å². The highest BCUT2D eigenvalue weighted by Crippen LogP contribution is 2.00. The molecule has 0 fully saturated rings. The van der Waals surface area contributed by atoms with Gasteiger partial charge in [0.05, 0.1) is 6.61 Å². The zero-order chi connectivity index (χ0) is 18.8. The average Bonchev–Trinajstić information content (AvgIpc) is 2.62. The molecule has 1 N–H and O–H groups in total. The van der Waals surface area contributed by atoms with E-state index in [0.29, 0.717) is 18.6 Å². The molecule has 24 heavy (non-hydrogen) atoms. The summed E-state index contributed by atoms with van der Waals surface area (Å²) in [5.74, 6) is -1.23. The standard InChI is InChI=1S/C9H16O2.C8H8.C3H4O2/c1-4-6-7-11-9(10)8(3)5-2;1-2-8-6-4-3-5-7-8;1-2-3(4)5/h3-7H2,1-2H3;2-7H,1H2;2H,1H2,(H,4,5). The molecule has 0 saturated heterocycles. The number of carbonyl (C=O) groups excluding carboxylic acids is 1. The van der Waals surface area contributed by atoms with Crippen molar-refractivity contribution in [1.82, 2.24) is 0 Å². The molecule has 0 amide bonds. The summed E-state index contributed by atoms with van der Waals surface area (Å²) in [6, 6.07) is 10.0. The lowest BCUT2D eigenvalue weighted by atomic mass is 10.2. The normalized spacial score (nSPS) is 8.42. The second-order valence-corrected chi connectivity index (χ2v) is 4.60. The Labute approximate surface area is 145 Å². The molecule has 0 aliphatic rings. The van der Waals surface area contributed by atoms with Gasteiger partial charge in [-0.3, -0.25) is 0 Å². The zero-order valence-electron chi connectivity index (χ0n) is 14.7. The maximum absolute atomic E-state index is 10.9. The van der Waals surface area contributed by atoms with E-state index in [4.69, 9.17) is 9.84 Å². The molecule has 0 saturated carbocycles. The summed E-state index contributed by atoms with van der Waals surface area (Å²) in [6.45, 7) is 14.6. The molecule has 1 aromatic rings. The van der Waals surface area contributed by atoms with Crippen molar-refractivity contribution in [2.75, 3.05) is 6.61 Å². The SMILES string of the molecule is C=C(CC)C(=O)OCCCC.C=CC(=O)O.C=Cc1ccccc1. The Morgan fingerprint density at radius 1 is 1.17 bits per heavy atom. The van der Waals surface area contributed by atoms with Crippen LogP contribution in [0.5, 0.6) is 0 Å². The van der Waals surface area contributed by atoms with E-state index >= 15 is 0 Å². The van der Waals surface area contributed by atoms with E-state index in [1.165, 1.54) is 5.56 Å². The molecule has 0 atom stereocenters. The molecule has 0 bridgehead atoms. The maximum Gasteiger partial charge on any atom is 0.333 e. The van der Waals surface area contributed by atoms with Crippen LogP contribution in [0, 0.1) is 0 Å². The minimum absolute atomic E-state index is 0.249. The van der Waals surface area contributed by atoms with Gasteiger partial charge in [-0.25, -0.2) is 9.59 Å². The molecular formula is C20H28O4. The number of rotatable bonds is 7. The van der Waals surface area contributed by atoms with Gasteiger partial charge < -0.3 is 9.84 Å². The molecule has 4 heteroatoms. The van der Waals surface area contributed by atoms with Gasteiger partial charge in [-0.05, 0) is 18.4 Å². The number of unbranched alkanes of at least 4 members (excludes halogenated alkanes) is 1. The third-order valence-electron chi connectivity index (χ3n) is 2.66. The molecule has 0 heterocycles. The Morgan fingerprint density at radius 3 is 2.04 bits per heavy atom. The summed E-state index contributed by atoms with van der Waals surface area (Å²) in [6.07, 6.45) is 5.32. The topological polar surface area (TPSA) is 63.6 Å². The van der Waals surface area contributed by atoms with Crippen LogP contribution in [0.15, 0.2) is 61.7 Å². The molecule has 0 unspecified atom stereocenters. The van der Waals surface area contributed by atoms with Crippen LogP contribution in [0.1, 0.15) is 38.7 Å². The van der Waals surface area contributed by atoms with Crippen LogP contribution in [0.2, 0.25) is 0 Å². The van der Waals surface area contributed by atoms with Gasteiger partial charge in [0.1, 0.15) is 0 Å². The fourth-order valence-electron chi connectivity index (χ4n) is 1.14. The van der Waals surface area contributed by atoms with Crippen LogP contribution in [-0.2, 0) is 14.3 Å². The summed E-state index contributed by atoms with van der Waals surface area (Å²) in [7, 11) is 0. The Bertz CT molecular complexity index is 504. The lowest BCUT2D eigenvalue weighted by Crippen LogP contribution is -2.07. The first-order valence-electron chi connectivity index (χ1n) is 7.80. The van der Waals surface area contributed by atoms with E-state index in [-0.39, 0.29) is 5.97 Å². The van der Waals surface area contributed by atoms with Crippen molar-refractivity contribution in [3.8, 4) is 0 Å². The summed E-state index contributed by atoms with van der Waals surface area (Å²) >= 11 is 0. The first-order chi connectivity index (χ1) is 11.4. The molecule has 1 rings (SSSR count). The first kappa shape index (κ1) is 23.6. The summed E-state index contributed by atoms with van der Waals surface area (Å²) in [5, 5.41) is 7.60. The molecule has 4 nitrogen and oxygen atoms in total. The van der Waals surface area contributed by atoms with E-state index in [1.54, 1.807) is 0 Å². The number of benzene rings is 1. The molecule has 0 spiro atoms. The Balaban J connectivity index is 0. The number of carboxylic acids is 1. The predicted octanol–water partition coefficient (Wildman–Crippen LogP) is 4.88. The largest absolute Gasteiger partial charge is 0.478 e. The van der Waals surface area contributed by atoms with E-state index < -0.39 is 5.97 Å². The van der Waals surface area contributed by atoms with Crippen LogP contribution in [0.3, 0.4) is 0 Å². The summed E-state index contributed by atoms with van der Waals surface area (Å²) in [4.78, 5) is 20.2. The monoisotopic (exact) mass is 332 g/mol. The van der Waals surface area contributed by atoms with Gasteiger partial charge in [-0.2, -0.15) is 0 Å². The lowest BCUT2D eigenvalue weighted by molar-refractivity contribution is -0.139. The quantitative estimate of drug-likeness (QED) is 0.439. The van der Waals surface area contributed by atoms with Gasteiger partial charge >= 0.3 is 11.9 Å². The Morgan fingerprint density at radius 2 is 1.71 bits per heavy atom. The maximum atomic E-state index is 10.9. The third-order valence-corrected chi connectivity index (χ3v) is 2.66. The van der Waals surface area contributed by atoms with E-state index in [2.05, 4.69) is 26.7 Å². The first-order valence-corrected chi connectivity index (χ1v) is 7.80. The molecule has 0 radical (unpaired) electrons. The summed E-state index contributed by atoms with van der Waals surface area (Å²) < 4.78 is 4.90. The third kappa shape index (κ3) is 15.8. The van der Waals surface area contributed by atoms with Crippen LogP contribution < -0.4 is 0 Å². The molecule has 0 aliphatic carbocycles. The molecular weight excluding hydrogens is 304 g/mol. The van der Waals surface area contributed by atoms with E-state index in [0.717, 1.165) is 18.9 Å². The second kappa shape index (κ2) is 16.7. The zero-order valence-corrected chi connectivity index (χ0v) is 14.7. The molecule has 0 aliphatic heterocycles. The van der Waals surface area contributed by atoms with Crippen LogP contribution >= 0.6 is 0 Å². The van der Waals surface area contributed by atoms with Crippen molar-refractivity contribution >= 4 is 18.0 Å². The van der Waals surface area contributed by atoms with Crippen LogP contribution in [-0.4, -0.2) is 23.7 Å². The number of hydrogen-bond donors (Lipinski definition) is 1. The van der Waals surface area contributed by atoms with Gasteiger partial charge in [-0.1, -0.05) is 76.4 Å². The molecule has 132 valence electrons. The lowest BCUT2D eigenvalue weighted by Gasteiger charge is -2.03. The van der Waals surface area contributed by atoms with Gasteiger partial charge in [0.15, 0.2) is 0 Å². The number of carbonyl (C=O) groups is 2. The molecule has 1 aromatic carbocycles. The van der Waals surface area contributed by atoms with Crippen molar-refractivity contribution in [1.29, 1.82) is 0 Å². The fraction of sp³-hybridized carbons (Fsp3) is 0.300.